The molecule has 4 heterocycles. The molecule has 1 aliphatic rings. The molecule has 3 aromatic heterocycles. The molecule has 0 radical (unpaired) electrons. The minimum absolute atomic E-state index is 0.0727. The number of ether oxygens (including phenoxy) is 1. The summed E-state index contributed by atoms with van der Waals surface area (Å²) in [6.07, 6.45) is 8.15. The van der Waals surface area contributed by atoms with Gasteiger partial charge in [-0.2, -0.15) is 10.1 Å². The smallest absolute Gasteiger partial charge is 0.251 e. The second-order valence-corrected chi connectivity index (χ2v) is 8.74. The molecule has 1 amide bonds. The van der Waals surface area contributed by atoms with Gasteiger partial charge in [-0.25, -0.2) is 9.97 Å². The van der Waals surface area contributed by atoms with E-state index in [1.54, 1.807) is 31.0 Å². The summed E-state index contributed by atoms with van der Waals surface area (Å²) in [4.78, 5) is 28.8. The molecule has 10 nitrogen and oxygen atoms in total. The third kappa shape index (κ3) is 4.24. The zero-order valence-corrected chi connectivity index (χ0v) is 19.2. The number of aromatic nitrogens is 6. The third-order valence-electron chi connectivity index (χ3n) is 6.35. The van der Waals surface area contributed by atoms with Gasteiger partial charge in [-0.3, -0.25) is 9.89 Å². The van der Waals surface area contributed by atoms with Gasteiger partial charge in [0.25, 0.3) is 5.91 Å². The van der Waals surface area contributed by atoms with Crippen LogP contribution in [0.1, 0.15) is 33.4 Å². The zero-order chi connectivity index (χ0) is 24.5. The molecule has 6 rings (SSSR count). The second kappa shape index (κ2) is 9.14. The van der Waals surface area contributed by atoms with Gasteiger partial charge in [-0.05, 0) is 47.9 Å². The van der Waals surface area contributed by atoms with Gasteiger partial charge in [0.05, 0.1) is 36.0 Å². The number of aromatic hydroxyl groups is 1. The summed E-state index contributed by atoms with van der Waals surface area (Å²) in [5.41, 5.74) is 4.92. The highest BCUT2D eigenvalue weighted by Crippen LogP contribution is 2.34. The normalized spacial score (nSPS) is 14.8. The van der Waals surface area contributed by atoms with Crippen molar-refractivity contribution in [3.63, 3.8) is 0 Å². The number of aromatic amines is 2. The van der Waals surface area contributed by atoms with Gasteiger partial charge >= 0.3 is 0 Å². The van der Waals surface area contributed by atoms with Crippen molar-refractivity contribution in [3.8, 4) is 22.8 Å². The fraction of sp³-hybridized carbons (Fsp3) is 0.192. The van der Waals surface area contributed by atoms with Gasteiger partial charge in [0, 0.05) is 42.2 Å². The third-order valence-corrected chi connectivity index (χ3v) is 6.35. The summed E-state index contributed by atoms with van der Waals surface area (Å²) in [7, 11) is 0. The lowest BCUT2D eigenvalue weighted by molar-refractivity contribution is 0.0954. The van der Waals surface area contributed by atoms with Gasteiger partial charge < -0.3 is 20.1 Å². The first-order chi connectivity index (χ1) is 17.6. The molecule has 5 aromatic rings. The number of fused-ring (bicyclic) bond motifs is 2. The number of hydrogen-bond acceptors (Lipinski definition) is 7. The van der Waals surface area contributed by atoms with Crippen molar-refractivity contribution >= 4 is 16.8 Å². The number of nitrogens with zero attached hydrogens (tertiary/aromatic N) is 4. The summed E-state index contributed by atoms with van der Waals surface area (Å²) in [6.45, 7) is 0.893. The number of hydrogen-bond donors (Lipinski definition) is 4. The Morgan fingerprint density at radius 2 is 2.08 bits per heavy atom. The summed E-state index contributed by atoms with van der Waals surface area (Å²) in [6, 6.07) is 11.1. The molecule has 0 spiro atoms. The molecule has 4 N–H and O–H groups in total. The SMILES string of the molecule is O=C(NCCc1cnc[nH]1)c1ccc2c(c1)CC(c1nc(O)c3cc(-c4cn[nH]c4)ccc3n1)CO2. The van der Waals surface area contributed by atoms with Gasteiger partial charge in [-0.1, -0.05) is 6.07 Å². The van der Waals surface area contributed by atoms with Gasteiger partial charge in [-0.15, -0.1) is 0 Å². The maximum absolute atomic E-state index is 12.7. The van der Waals surface area contributed by atoms with E-state index in [0.29, 0.717) is 48.3 Å². The van der Waals surface area contributed by atoms with E-state index in [1.807, 2.05) is 30.3 Å². The molecule has 10 heteroatoms. The van der Waals surface area contributed by atoms with Crippen LogP contribution >= 0.6 is 0 Å². The summed E-state index contributed by atoms with van der Waals surface area (Å²) in [5.74, 6) is 0.884. The van der Waals surface area contributed by atoms with E-state index in [-0.39, 0.29) is 17.7 Å². The first-order valence-electron chi connectivity index (χ1n) is 11.6. The molecule has 0 bridgehead atoms. The highest BCUT2D eigenvalue weighted by Gasteiger charge is 2.26. The lowest BCUT2D eigenvalue weighted by atomic mass is 9.94. The molecule has 0 aliphatic carbocycles. The Bertz CT molecular complexity index is 1530. The average Bonchev–Trinajstić information content (AvgIpc) is 3.63. The Kier molecular flexibility index (Phi) is 5.53. The van der Waals surface area contributed by atoms with Crippen molar-refractivity contribution in [2.24, 2.45) is 0 Å². The Balaban J connectivity index is 1.20. The van der Waals surface area contributed by atoms with Crippen molar-refractivity contribution in [3.05, 3.63) is 84.0 Å². The number of nitrogens with one attached hydrogen (secondary N) is 3. The molecule has 1 aliphatic heterocycles. The number of imidazole rings is 1. The lowest BCUT2D eigenvalue weighted by Crippen LogP contribution is -2.26. The van der Waals surface area contributed by atoms with E-state index in [4.69, 9.17) is 9.72 Å². The first kappa shape index (κ1) is 21.8. The summed E-state index contributed by atoms with van der Waals surface area (Å²) < 4.78 is 5.96. The van der Waals surface area contributed by atoms with Crippen LogP contribution in [0, 0.1) is 0 Å². The Labute approximate surface area is 205 Å². The summed E-state index contributed by atoms with van der Waals surface area (Å²) >= 11 is 0. The molecule has 180 valence electrons. The van der Waals surface area contributed by atoms with E-state index in [0.717, 1.165) is 28.1 Å². The Hall–Kier alpha value is -4.73. The predicted molar refractivity (Wildman–Crippen MR) is 132 cm³/mol. The lowest BCUT2D eigenvalue weighted by Gasteiger charge is -2.25. The van der Waals surface area contributed by atoms with Crippen molar-refractivity contribution in [2.75, 3.05) is 13.2 Å². The number of rotatable bonds is 6. The first-order valence-corrected chi connectivity index (χ1v) is 11.6. The van der Waals surface area contributed by atoms with Crippen LogP contribution in [0.15, 0.2) is 61.3 Å². The quantitative estimate of drug-likeness (QED) is 0.292. The minimum Gasteiger partial charge on any atom is -0.493 e. The van der Waals surface area contributed by atoms with Gasteiger partial charge in [0.15, 0.2) is 0 Å². The second-order valence-electron chi connectivity index (χ2n) is 8.74. The van der Waals surface area contributed by atoms with E-state index < -0.39 is 0 Å². The topological polar surface area (TPSA) is 142 Å². The summed E-state index contributed by atoms with van der Waals surface area (Å²) in [5, 5.41) is 21.0. The predicted octanol–water partition coefficient (Wildman–Crippen LogP) is 3.14. The average molecular weight is 482 g/mol. The molecule has 0 fully saturated rings. The molecule has 1 atom stereocenters. The van der Waals surface area contributed by atoms with Crippen LogP contribution in [0.3, 0.4) is 0 Å². The van der Waals surface area contributed by atoms with E-state index >= 15 is 0 Å². The Morgan fingerprint density at radius 3 is 2.92 bits per heavy atom. The van der Waals surface area contributed by atoms with Crippen molar-refractivity contribution < 1.29 is 14.6 Å². The van der Waals surface area contributed by atoms with Crippen LogP contribution in [0.25, 0.3) is 22.0 Å². The number of H-pyrrole nitrogens is 2. The molecule has 1 unspecified atom stereocenters. The zero-order valence-electron chi connectivity index (χ0n) is 19.2. The van der Waals surface area contributed by atoms with Crippen molar-refractivity contribution in [1.29, 1.82) is 0 Å². The molecule has 36 heavy (non-hydrogen) atoms. The standard InChI is InChI=1S/C26H23N7O3/c34-25(28-6-5-20-12-27-14-29-20)16-2-4-23-17(7-16)8-18(13-36-23)24-32-22-3-1-15(19-10-30-31-11-19)9-21(22)26(35)33-24/h1-4,7,9-12,14,18H,5-6,8,13H2,(H,27,29)(H,28,34)(H,30,31)(H,32,33,35). The minimum atomic E-state index is -0.153. The highest BCUT2D eigenvalue weighted by atomic mass is 16.5. The molecular weight excluding hydrogens is 458 g/mol. The van der Waals surface area contributed by atoms with Crippen LogP contribution in [0.4, 0.5) is 0 Å². The Morgan fingerprint density at radius 1 is 1.14 bits per heavy atom. The highest BCUT2D eigenvalue weighted by molar-refractivity contribution is 5.94. The number of amides is 1. The fourth-order valence-electron chi connectivity index (χ4n) is 4.44. The van der Waals surface area contributed by atoms with Crippen LogP contribution < -0.4 is 10.1 Å². The van der Waals surface area contributed by atoms with Crippen LogP contribution in [-0.2, 0) is 12.8 Å². The van der Waals surface area contributed by atoms with Gasteiger partial charge in [0.2, 0.25) is 5.88 Å². The molecule has 2 aromatic carbocycles. The maximum Gasteiger partial charge on any atom is 0.251 e. The number of carbonyl (C=O) groups is 1. The number of benzene rings is 2. The van der Waals surface area contributed by atoms with Crippen molar-refractivity contribution in [1.82, 2.24) is 35.5 Å². The van der Waals surface area contributed by atoms with Crippen molar-refractivity contribution in [2.45, 2.75) is 18.8 Å². The van der Waals surface area contributed by atoms with Crippen LogP contribution in [-0.4, -0.2) is 54.3 Å². The maximum atomic E-state index is 12.7. The van der Waals surface area contributed by atoms with E-state index in [1.165, 1.54) is 0 Å². The number of carbonyl (C=O) groups excluding carboxylic acids is 1. The fourth-order valence-corrected chi connectivity index (χ4v) is 4.44. The van der Waals surface area contributed by atoms with Crippen LogP contribution in [0.2, 0.25) is 0 Å². The molecule has 0 saturated heterocycles. The molecular formula is C26H23N7O3. The van der Waals surface area contributed by atoms with E-state index in [9.17, 15) is 9.90 Å². The molecule has 0 saturated carbocycles. The monoisotopic (exact) mass is 481 g/mol. The van der Waals surface area contributed by atoms with Gasteiger partial charge in [0.1, 0.15) is 11.6 Å². The largest absolute Gasteiger partial charge is 0.493 e. The van der Waals surface area contributed by atoms with Crippen LogP contribution in [0.5, 0.6) is 11.6 Å². The van der Waals surface area contributed by atoms with E-state index in [2.05, 4.69) is 30.5 Å².